The molecule has 0 aliphatic carbocycles. The predicted molar refractivity (Wildman–Crippen MR) is 149 cm³/mol. The number of aromatic nitrogens is 1. The highest BCUT2D eigenvalue weighted by Gasteiger charge is 2.39. The van der Waals surface area contributed by atoms with E-state index < -0.39 is 0 Å². The van der Waals surface area contributed by atoms with Crippen molar-refractivity contribution in [1.29, 1.82) is 0 Å². The summed E-state index contributed by atoms with van der Waals surface area (Å²) in [4.78, 5) is 6.61. The highest BCUT2D eigenvalue weighted by atomic mass is 16.5. The van der Waals surface area contributed by atoms with Crippen LogP contribution in [-0.2, 0) is 6.61 Å². The maximum atomic E-state index is 6.48. The van der Waals surface area contributed by atoms with Crippen molar-refractivity contribution in [3.05, 3.63) is 89.9 Å². The fourth-order valence-electron chi connectivity index (χ4n) is 5.25. The van der Waals surface area contributed by atoms with E-state index in [0.29, 0.717) is 30.0 Å². The predicted octanol–water partition coefficient (Wildman–Crippen LogP) is 5.15. The second kappa shape index (κ2) is 10.2. The number of ether oxygens (including phenoxy) is 1. The molecular formula is C30H39N5O. The summed E-state index contributed by atoms with van der Waals surface area (Å²) in [6.07, 6.45) is 7.66. The topological polar surface area (TPSA) is 89.4 Å². The van der Waals surface area contributed by atoms with Crippen LogP contribution in [0.2, 0.25) is 0 Å². The zero-order valence-corrected chi connectivity index (χ0v) is 22.1. The first-order valence-corrected chi connectivity index (χ1v) is 12.5. The molecule has 1 aliphatic rings. The minimum Gasteiger partial charge on any atom is -0.473 e. The van der Waals surface area contributed by atoms with E-state index in [9.17, 15) is 0 Å². The molecule has 1 aromatic heterocycles. The molecule has 2 heterocycles. The fourth-order valence-corrected chi connectivity index (χ4v) is 5.25. The van der Waals surface area contributed by atoms with Gasteiger partial charge in [-0.25, -0.2) is 4.98 Å². The van der Waals surface area contributed by atoms with Crippen molar-refractivity contribution in [2.24, 2.45) is 11.5 Å². The van der Waals surface area contributed by atoms with Crippen molar-refractivity contribution >= 4 is 16.5 Å². The molecule has 0 amide bonds. The van der Waals surface area contributed by atoms with Crippen molar-refractivity contribution in [2.45, 2.75) is 64.3 Å². The fraction of sp³-hybridized carbons (Fsp3) is 0.367. The molecule has 1 fully saturated rings. The van der Waals surface area contributed by atoms with Gasteiger partial charge in [-0.2, -0.15) is 0 Å². The van der Waals surface area contributed by atoms with E-state index >= 15 is 0 Å². The zero-order valence-electron chi connectivity index (χ0n) is 22.1. The first-order chi connectivity index (χ1) is 17.0. The average Bonchev–Trinajstić information content (AvgIpc) is 2.83. The summed E-state index contributed by atoms with van der Waals surface area (Å²) in [7, 11) is 2.07. The Morgan fingerprint density at radius 3 is 2.39 bits per heavy atom. The average molecular weight is 486 g/mol. The lowest BCUT2D eigenvalue weighted by Gasteiger charge is -2.49. The summed E-state index contributed by atoms with van der Waals surface area (Å²) in [6.45, 7) is 9.48. The normalized spacial score (nSPS) is 18.2. The highest BCUT2D eigenvalue weighted by Crippen LogP contribution is 2.32. The van der Waals surface area contributed by atoms with Crippen molar-refractivity contribution in [1.82, 2.24) is 15.2 Å². The number of allylic oxidation sites excluding steroid dienone is 2. The molecule has 2 aromatic carbocycles. The Bertz CT molecular complexity index is 1250. The molecular weight excluding hydrogens is 446 g/mol. The van der Waals surface area contributed by atoms with Gasteiger partial charge in [0.25, 0.3) is 0 Å². The number of nitrogens with two attached hydrogens (primary N) is 2. The number of hydrogen-bond donors (Lipinski definition) is 3. The summed E-state index contributed by atoms with van der Waals surface area (Å²) in [5.74, 6) is 1.29. The number of hydrogen-bond acceptors (Lipinski definition) is 6. The molecule has 6 heteroatoms. The molecule has 5 N–H and O–H groups in total. The monoisotopic (exact) mass is 485 g/mol. The van der Waals surface area contributed by atoms with Crippen LogP contribution in [0, 0.1) is 0 Å². The molecule has 190 valence electrons. The summed E-state index contributed by atoms with van der Waals surface area (Å²) in [5, 5.41) is 5.79. The summed E-state index contributed by atoms with van der Waals surface area (Å²) in [6, 6.07) is 18.5. The number of nitrogens with zero attached hydrogens (tertiary/aromatic N) is 2. The summed E-state index contributed by atoms with van der Waals surface area (Å²) >= 11 is 0. The van der Waals surface area contributed by atoms with Gasteiger partial charge in [0.15, 0.2) is 0 Å². The Kier molecular flexibility index (Phi) is 7.27. The Hall–Kier alpha value is -3.51. The van der Waals surface area contributed by atoms with Crippen LogP contribution in [0.25, 0.3) is 16.5 Å². The number of piperidine rings is 1. The SMILES string of the molecule is CN(/C(N)=C/C=C(\N)c1ccc2cnc(OCc3ccccc3)cc2c1)C1CC(C)(C)NC(C)(C)C1. The van der Waals surface area contributed by atoms with Crippen LogP contribution < -0.4 is 21.5 Å². The summed E-state index contributed by atoms with van der Waals surface area (Å²) in [5.41, 5.74) is 15.7. The first-order valence-electron chi connectivity index (χ1n) is 12.5. The first kappa shape index (κ1) is 25.6. The van der Waals surface area contributed by atoms with Gasteiger partial charge < -0.3 is 26.4 Å². The number of rotatable bonds is 7. The number of nitrogens with one attached hydrogen (secondary N) is 1. The second-order valence-electron chi connectivity index (χ2n) is 11.1. The molecule has 0 bridgehead atoms. The van der Waals surface area contributed by atoms with E-state index in [1.807, 2.05) is 66.9 Å². The van der Waals surface area contributed by atoms with E-state index in [1.54, 1.807) is 0 Å². The Labute approximate surface area is 215 Å². The van der Waals surface area contributed by atoms with Gasteiger partial charge in [-0.1, -0.05) is 42.5 Å². The lowest BCUT2D eigenvalue weighted by molar-refractivity contribution is 0.0981. The zero-order chi connectivity index (χ0) is 25.9. The van der Waals surface area contributed by atoms with E-state index in [4.69, 9.17) is 16.2 Å². The van der Waals surface area contributed by atoms with Gasteiger partial charge >= 0.3 is 0 Å². The van der Waals surface area contributed by atoms with Crippen molar-refractivity contribution in [2.75, 3.05) is 7.05 Å². The molecule has 3 aromatic rings. The molecule has 36 heavy (non-hydrogen) atoms. The lowest BCUT2D eigenvalue weighted by atomic mass is 9.79. The molecule has 0 spiro atoms. The van der Waals surface area contributed by atoms with Crippen LogP contribution in [0.15, 0.2) is 78.8 Å². The molecule has 0 saturated carbocycles. The van der Waals surface area contributed by atoms with Gasteiger partial charge in [-0.05, 0) is 75.3 Å². The standard InChI is InChI=1S/C30H39N5O/c1-29(2)17-25(18-30(3,4)34-29)35(5)27(32)14-13-26(31)22-11-12-23-19-33-28(16-24(23)15-22)36-20-21-9-7-6-8-10-21/h6-16,19,25,34H,17-18,20,31-32H2,1-5H3/b26-13-,27-14+. The van der Waals surface area contributed by atoms with Crippen molar-refractivity contribution < 1.29 is 4.74 Å². The van der Waals surface area contributed by atoms with E-state index in [-0.39, 0.29) is 11.1 Å². The molecule has 0 atom stereocenters. The minimum atomic E-state index is 0.0550. The van der Waals surface area contributed by atoms with E-state index in [2.05, 4.69) is 56.0 Å². The molecule has 1 saturated heterocycles. The number of benzene rings is 2. The number of pyridine rings is 1. The van der Waals surface area contributed by atoms with Crippen LogP contribution in [0.5, 0.6) is 5.88 Å². The van der Waals surface area contributed by atoms with Crippen molar-refractivity contribution in [3.63, 3.8) is 0 Å². The molecule has 6 nitrogen and oxygen atoms in total. The van der Waals surface area contributed by atoms with Gasteiger partial charge in [0.1, 0.15) is 6.61 Å². The van der Waals surface area contributed by atoms with Crippen molar-refractivity contribution in [3.8, 4) is 5.88 Å². The van der Waals surface area contributed by atoms with Crippen LogP contribution in [0.4, 0.5) is 0 Å². The number of fused-ring (bicyclic) bond motifs is 1. The maximum absolute atomic E-state index is 6.48. The highest BCUT2D eigenvalue weighted by molar-refractivity contribution is 5.86. The van der Waals surface area contributed by atoms with E-state index in [0.717, 1.165) is 34.7 Å². The van der Waals surface area contributed by atoms with Crippen LogP contribution in [-0.4, -0.2) is 34.1 Å². The molecule has 1 aliphatic heterocycles. The largest absolute Gasteiger partial charge is 0.473 e. The smallest absolute Gasteiger partial charge is 0.214 e. The second-order valence-corrected chi connectivity index (χ2v) is 11.1. The Balaban J connectivity index is 1.48. The molecule has 0 unspecified atom stereocenters. The van der Waals surface area contributed by atoms with Gasteiger partial charge in [-0.15, -0.1) is 0 Å². The molecule has 4 rings (SSSR count). The molecule has 0 radical (unpaired) electrons. The maximum Gasteiger partial charge on any atom is 0.214 e. The van der Waals surface area contributed by atoms with Gasteiger partial charge in [0.2, 0.25) is 5.88 Å². The third-order valence-electron chi connectivity index (χ3n) is 6.82. The van der Waals surface area contributed by atoms with Gasteiger partial charge in [0, 0.05) is 47.5 Å². The van der Waals surface area contributed by atoms with Gasteiger partial charge in [-0.3, -0.25) is 0 Å². The van der Waals surface area contributed by atoms with Crippen LogP contribution in [0.1, 0.15) is 51.7 Å². The van der Waals surface area contributed by atoms with Crippen LogP contribution in [0.3, 0.4) is 0 Å². The van der Waals surface area contributed by atoms with E-state index in [1.165, 1.54) is 0 Å². The Morgan fingerprint density at radius 2 is 1.69 bits per heavy atom. The Morgan fingerprint density at radius 1 is 1.00 bits per heavy atom. The third-order valence-corrected chi connectivity index (χ3v) is 6.82. The third kappa shape index (κ3) is 6.38. The lowest BCUT2D eigenvalue weighted by Crippen LogP contribution is -2.61. The minimum absolute atomic E-state index is 0.0550. The van der Waals surface area contributed by atoms with Crippen LogP contribution >= 0.6 is 0 Å². The quantitative estimate of drug-likeness (QED) is 0.401. The summed E-state index contributed by atoms with van der Waals surface area (Å²) < 4.78 is 5.90. The van der Waals surface area contributed by atoms with Gasteiger partial charge in [0.05, 0.1) is 5.82 Å².